The zero-order valence-electron chi connectivity index (χ0n) is 11.7. The van der Waals surface area contributed by atoms with Crippen molar-refractivity contribution < 1.29 is 9.47 Å². The average molecular weight is 248 g/mol. The van der Waals surface area contributed by atoms with Crippen LogP contribution in [0.4, 0.5) is 0 Å². The molecule has 1 fully saturated rings. The topological polar surface area (TPSA) is 18.5 Å². The first-order chi connectivity index (χ1) is 8.83. The zero-order chi connectivity index (χ0) is 13.1. The van der Waals surface area contributed by atoms with Gasteiger partial charge in [-0.15, -0.1) is 23.7 Å². The molecule has 1 aliphatic rings. The van der Waals surface area contributed by atoms with Crippen molar-refractivity contribution in [2.75, 3.05) is 13.2 Å². The van der Waals surface area contributed by atoms with Gasteiger partial charge in [0.1, 0.15) is 0 Å². The van der Waals surface area contributed by atoms with Crippen molar-refractivity contribution in [2.24, 2.45) is 0 Å². The maximum Gasteiger partial charge on any atom is 0.168 e. The van der Waals surface area contributed by atoms with Crippen LogP contribution in [0.3, 0.4) is 0 Å². The molecule has 1 rings (SSSR count). The van der Waals surface area contributed by atoms with Gasteiger partial charge in [-0.25, -0.2) is 0 Å². The molecular formula is C16H24O2. The van der Waals surface area contributed by atoms with E-state index >= 15 is 0 Å². The summed E-state index contributed by atoms with van der Waals surface area (Å²) >= 11 is 0. The van der Waals surface area contributed by atoms with Crippen LogP contribution < -0.4 is 0 Å². The molecule has 0 bridgehead atoms. The van der Waals surface area contributed by atoms with Crippen molar-refractivity contribution in [3.05, 3.63) is 0 Å². The van der Waals surface area contributed by atoms with Gasteiger partial charge in [0.05, 0.1) is 13.2 Å². The molecule has 0 aromatic heterocycles. The monoisotopic (exact) mass is 248 g/mol. The summed E-state index contributed by atoms with van der Waals surface area (Å²) in [6.07, 6.45) is 7.26. The fraction of sp³-hybridized carbons (Fsp3) is 0.750. The zero-order valence-corrected chi connectivity index (χ0v) is 11.7. The lowest BCUT2D eigenvalue weighted by atomic mass is 9.94. The Hall–Kier alpha value is -0.960. The van der Waals surface area contributed by atoms with Crippen molar-refractivity contribution >= 4 is 0 Å². The number of hydrogen-bond acceptors (Lipinski definition) is 2. The molecule has 1 aliphatic carbocycles. The van der Waals surface area contributed by atoms with Crippen LogP contribution in [0.15, 0.2) is 0 Å². The van der Waals surface area contributed by atoms with Gasteiger partial charge in [-0.1, -0.05) is 6.42 Å². The van der Waals surface area contributed by atoms with Crippen LogP contribution in [0.5, 0.6) is 0 Å². The predicted octanol–water partition coefficient (Wildman–Crippen LogP) is 3.51. The molecule has 0 aromatic rings. The maximum atomic E-state index is 5.98. The van der Waals surface area contributed by atoms with Crippen LogP contribution in [-0.2, 0) is 9.47 Å². The molecule has 0 atom stereocenters. The fourth-order valence-corrected chi connectivity index (χ4v) is 2.25. The average Bonchev–Trinajstić information content (AvgIpc) is 2.41. The Bertz CT molecular complexity index is 304. The van der Waals surface area contributed by atoms with E-state index in [9.17, 15) is 0 Å². The second-order valence-electron chi connectivity index (χ2n) is 4.52. The van der Waals surface area contributed by atoms with Gasteiger partial charge in [0.25, 0.3) is 0 Å². The molecule has 18 heavy (non-hydrogen) atoms. The van der Waals surface area contributed by atoms with Crippen LogP contribution in [-0.4, -0.2) is 19.0 Å². The Kier molecular flexibility index (Phi) is 7.58. The summed E-state index contributed by atoms with van der Waals surface area (Å²) in [5.41, 5.74) is 0. The van der Waals surface area contributed by atoms with E-state index in [0.29, 0.717) is 13.2 Å². The van der Waals surface area contributed by atoms with Crippen LogP contribution in [0.25, 0.3) is 0 Å². The second-order valence-corrected chi connectivity index (χ2v) is 4.52. The lowest BCUT2D eigenvalue weighted by Crippen LogP contribution is -2.38. The van der Waals surface area contributed by atoms with E-state index in [1.807, 2.05) is 13.8 Å². The quantitative estimate of drug-likeness (QED) is 0.407. The Morgan fingerprint density at radius 3 is 1.78 bits per heavy atom. The maximum absolute atomic E-state index is 5.98. The summed E-state index contributed by atoms with van der Waals surface area (Å²) in [4.78, 5) is 0. The van der Waals surface area contributed by atoms with E-state index in [-0.39, 0.29) is 5.79 Å². The first-order valence-corrected chi connectivity index (χ1v) is 6.90. The minimum absolute atomic E-state index is 0.358. The Balaban J connectivity index is 2.39. The minimum atomic E-state index is -0.358. The lowest BCUT2D eigenvalue weighted by Gasteiger charge is -2.36. The fourth-order valence-electron chi connectivity index (χ4n) is 2.25. The molecule has 0 radical (unpaired) electrons. The summed E-state index contributed by atoms with van der Waals surface area (Å²) in [7, 11) is 0. The molecule has 0 saturated heterocycles. The highest BCUT2D eigenvalue weighted by molar-refractivity contribution is 4.95. The van der Waals surface area contributed by atoms with E-state index < -0.39 is 0 Å². The van der Waals surface area contributed by atoms with Gasteiger partial charge in [-0.05, 0) is 26.7 Å². The summed E-state index contributed by atoms with van der Waals surface area (Å²) in [5, 5.41) is 0. The molecular weight excluding hydrogens is 224 g/mol. The molecule has 0 aromatic carbocycles. The number of hydrogen-bond donors (Lipinski definition) is 0. The van der Waals surface area contributed by atoms with E-state index in [1.54, 1.807) is 0 Å². The highest BCUT2D eigenvalue weighted by atomic mass is 16.7. The lowest BCUT2D eigenvalue weighted by molar-refractivity contribution is -0.250. The number of rotatable bonds is 6. The second kappa shape index (κ2) is 9.03. The largest absolute Gasteiger partial charge is 0.349 e. The SMILES string of the molecule is CC#CCCOC1(OCCC#CC)CCCCC1. The van der Waals surface area contributed by atoms with Gasteiger partial charge >= 0.3 is 0 Å². The minimum Gasteiger partial charge on any atom is -0.349 e. The van der Waals surface area contributed by atoms with Crippen molar-refractivity contribution in [3.8, 4) is 23.7 Å². The molecule has 0 amide bonds. The third-order valence-corrected chi connectivity index (χ3v) is 3.15. The van der Waals surface area contributed by atoms with E-state index in [4.69, 9.17) is 9.47 Å². The molecule has 1 saturated carbocycles. The summed E-state index contributed by atoms with van der Waals surface area (Å²) < 4.78 is 12.0. The van der Waals surface area contributed by atoms with Crippen molar-refractivity contribution in [3.63, 3.8) is 0 Å². The van der Waals surface area contributed by atoms with Crippen molar-refractivity contribution in [1.29, 1.82) is 0 Å². The van der Waals surface area contributed by atoms with Gasteiger partial charge in [0.15, 0.2) is 5.79 Å². The Morgan fingerprint density at radius 2 is 1.33 bits per heavy atom. The van der Waals surface area contributed by atoms with Gasteiger partial charge in [-0.3, -0.25) is 0 Å². The smallest absolute Gasteiger partial charge is 0.168 e. The highest BCUT2D eigenvalue weighted by Gasteiger charge is 2.33. The Labute approximate surface area is 111 Å². The summed E-state index contributed by atoms with van der Waals surface area (Å²) in [6.45, 7) is 5.05. The van der Waals surface area contributed by atoms with Gasteiger partial charge in [0, 0.05) is 25.7 Å². The first kappa shape index (κ1) is 15.1. The molecule has 0 heterocycles. The number of ether oxygens (including phenoxy) is 2. The normalized spacial score (nSPS) is 17.2. The van der Waals surface area contributed by atoms with Crippen LogP contribution in [0.1, 0.15) is 58.8 Å². The summed E-state index contributed by atoms with van der Waals surface area (Å²) in [6, 6.07) is 0. The molecule has 2 nitrogen and oxygen atoms in total. The van der Waals surface area contributed by atoms with Crippen molar-refractivity contribution in [2.45, 2.75) is 64.6 Å². The Morgan fingerprint density at radius 1 is 0.833 bits per heavy atom. The van der Waals surface area contributed by atoms with E-state index in [1.165, 1.54) is 19.3 Å². The first-order valence-electron chi connectivity index (χ1n) is 6.90. The van der Waals surface area contributed by atoms with E-state index in [0.717, 1.165) is 25.7 Å². The molecule has 2 heteroatoms. The van der Waals surface area contributed by atoms with Crippen molar-refractivity contribution in [1.82, 2.24) is 0 Å². The molecule has 0 spiro atoms. The van der Waals surface area contributed by atoms with Gasteiger partial charge < -0.3 is 9.47 Å². The molecule has 0 unspecified atom stereocenters. The van der Waals surface area contributed by atoms with Crippen LogP contribution in [0.2, 0.25) is 0 Å². The molecule has 0 aliphatic heterocycles. The third-order valence-electron chi connectivity index (χ3n) is 3.15. The summed E-state index contributed by atoms with van der Waals surface area (Å²) in [5.74, 6) is 11.5. The standard InChI is InChI=1S/C16H24O2/c1-3-5-10-14-17-16(12-8-7-9-13-16)18-15-11-6-4-2/h7-15H2,1-2H3. The third kappa shape index (κ3) is 5.58. The van der Waals surface area contributed by atoms with Crippen LogP contribution in [0, 0.1) is 23.7 Å². The highest BCUT2D eigenvalue weighted by Crippen LogP contribution is 2.33. The van der Waals surface area contributed by atoms with Crippen LogP contribution >= 0.6 is 0 Å². The molecule has 100 valence electrons. The predicted molar refractivity (Wildman–Crippen MR) is 73.9 cm³/mol. The van der Waals surface area contributed by atoms with Gasteiger partial charge in [0.2, 0.25) is 0 Å². The van der Waals surface area contributed by atoms with E-state index in [2.05, 4.69) is 23.7 Å². The van der Waals surface area contributed by atoms with Gasteiger partial charge in [-0.2, -0.15) is 0 Å². The molecule has 0 N–H and O–H groups in total.